The van der Waals surface area contributed by atoms with Crippen molar-refractivity contribution in [2.75, 3.05) is 13.7 Å². The van der Waals surface area contributed by atoms with Gasteiger partial charge in [0.1, 0.15) is 6.10 Å². The topological polar surface area (TPSA) is 35.5 Å². The van der Waals surface area contributed by atoms with Crippen LogP contribution in [0, 0.1) is 11.7 Å². The van der Waals surface area contributed by atoms with E-state index < -0.39 is 11.9 Å². The molecule has 1 unspecified atom stereocenters. The summed E-state index contributed by atoms with van der Waals surface area (Å²) < 4.78 is 24.3. The van der Waals surface area contributed by atoms with Crippen molar-refractivity contribution < 1.29 is 18.7 Å². The van der Waals surface area contributed by atoms with Crippen LogP contribution in [0.5, 0.6) is 5.75 Å². The molecule has 0 saturated heterocycles. The SMILES string of the molecule is CCOC(C(=O)Cc1cccc(OC)c1F)C(C)C. The number of benzene rings is 1. The smallest absolute Gasteiger partial charge is 0.168 e. The lowest BCUT2D eigenvalue weighted by molar-refractivity contribution is -0.132. The van der Waals surface area contributed by atoms with E-state index in [-0.39, 0.29) is 23.9 Å². The minimum atomic E-state index is -0.490. The van der Waals surface area contributed by atoms with Crippen molar-refractivity contribution >= 4 is 5.78 Å². The normalized spacial score (nSPS) is 12.5. The second-order valence-corrected chi connectivity index (χ2v) is 4.70. The summed E-state index contributed by atoms with van der Waals surface area (Å²) in [4.78, 5) is 12.2. The fourth-order valence-corrected chi connectivity index (χ4v) is 1.98. The van der Waals surface area contributed by atoms with Crippen molar-refractivity contribution in [2.45, 2.75) is 33.3 Å². The van der Waals surface area contributed by atoms with Gasteiger partial charge >= 0.3 is 0 Å². The first-order valence-corrected chi connectivity index (χ1v) is 6.46. The van der Waals surface area contributed by atoms with Gasteiger partial charge in [0.25, 0.3) is 0 Å². The number of carbonyl (C=O) groups excluding carboxylic acids is 1. The van der Waals surface area contributed by atoms with E-state index in [9.17, 15) is 9.18 Å². The number of rotatable bonds is 7. The van der Waals surface area contributed by atoms with Crippen molar-refractivity contribution in [3.05, 3.63) is 29.6 Å². The molecule has 0 bridgehead atoms. The molecule has 0 aliphatic heterocycles. The molecule has 0 aliphatic carbocycles. The fourth-order valence-electron chi connectivity index (χ4n) is 1.98. The van der Waals surface area contributed by atoms with E-state index in [1.54, 1.807) is 12.1 Å². The highest BCUT2D eigenvalue weighted by Gasteiger charge is 2.23. The Bertz CT molecular complexity index is 429. The monoisotopic (exact) mass is 268 g/mol. The zero-order chi connectivity index (χ0) is 14.4. The van der Waals surface area contributed by atoms with Gasteiger partial charge in [0.05, 0.1) is 7.11 Å². The van der Waals surface area contributed by atoms with E-state index in [0.717, 1.165) is 0 Å². The van der Waals surface area contributed by atoms with Crippen LogP contribution in [0.1, 0.15) is 26.3 Å². The molecular weight excluding hydrogens is 247 g/mol. The number of ketones is 1. The highest BCUT2D eigenvalue weighted by Crippen LogP contribution is 2.21. The lowest BCUT2D eigenvalue weighted by atomic mass is 9.97. The molecule has 0 N–H and O–H groups in total. The number of ether oxygens (including phenoxy) is 2. The van der Waals surface area contributed by atoms with Crippen LogP contribution in [0.3, 0.4) is 0 Å². The van der Waals surface area contributed by atoms with E-state index in [2.05, 4.69) is 0 Å². The second kappa shape index (κ2) is 7.24. The zero-order valence-corrected chi connectivity index (χ0v) is 11.9. The Labute approximate surface area is 113 Å². The molecule has 0 fully saturated rings. The van der Waals surface area contributed by atoms with Crippen LogP contribution >= 0.6 is 0 Å². The van der Waals surface area contributed by atoms with Crippen LogP contribution in [0.15, 0.2) is 18.2 Å². The van der Waals surface area contributed by atoms with Gasteiger partial charge in [0, 0.05) is 13.0 Å². The summed E-state index contributed by atoms with van der Waals surface area (Å²) in [7, 11) is 1.40. The average Bonchev–Trinajstić information content (AvgIpc) is 2.37. The predicted octanol–water partition coefficient (Wildman–Crippen LogP) is 3.01. The van der Waals surface area contributed by atoms with E-state index in [1.807, 2.05) is 20.8 Å². The van der Waals surface area contributed by atoms with Crippen molar-refractivity contribution in [1.82, 2.24) is 0 Å². The molecule has 0 aromatic heterocycles. The summed E-state index contributed by atoms with van der Waals surface area (Å²) >= 11 is 0. The number of halogens is 1. The molecular formula is C15H21FO3. The van der Waals surface area contributed by atoms with Crippen LogP contribution in [0.4, 0.5) is 4.39 Å². The van der Waals surface area contributed by atoms with Crippen LogP contribution in [0.25, 0.3) is 0 Å². The van der Waals surface area contributed by atoms with Crippen molar-refractivity contribution in [1.29, 1.82) is 0 Å². The van der Waals surface area contributed by atoms with Gasteiger partial charge in [-0.2, -0.15) is 0 Å². The first-order chi connectivity index (χ1) is 9.01. The number of Topliss-reactive ketones (excluding diaryl/α,β-unsaturated/α-hetero) is 1. The number of hydrogen-bond acceptors (Lipinski definition) is 3. The molecule has 1 aromatic rings. The lowest BCUT2D eigenvalue weighted by Gasteiger charge is -2.19. The van der Waals surface area contributed by atoms with Crippen LogP contribution < -0.4 is 4.74 Å². The predicted molar refractivity (Wildman–Crippen MR) is 71.9 cm³/mol. The fraction of sp³-hybridized carbons (Fsp3) is 0.533. The van der Waals surface area contributed by atoms with Gasteiger partial charge in [-0.25, -0.2) is 4.39 Å². The number of carbonyl (C=O) groups is 1. The molecule has 106 valence electrons. The van der Waals surface area contributed by atoms with Crippen molar-refractivity contribution in [2.24, 2.45) is 5.92 Å². The minimum absolute atomic E-state index is 0.0197. The maximum absolute atomic E-state index is 14.0. The average molecular weight is 268 g/mol. The van der Waals surface area contributed by atoms with Gasteiger partial charge in [0.15, 0.2) is 17.3 Å². The summed E-state index contributed by atoms with van der Waals surface area (Å²) in [5.74, 6) is -0.356. The summed E-state index contributed by atoms with van der Waals surface area (Å²) in [5.41, 5.74) is 0.342. The Hall–Kier alpha value is -1.42. The Morgan fingerprint density at radius 3 is 2.58 bits per heavy atom. The minimum Gasteiger partial charge on any atom is -0.494 e. The third-order valence-corrected chi connectivity index (χ3v) is 2.90. The van der Waals surface area contributed by atoms with E-state index >= 15 is 0 Å². The molecule has 19 heavy (non-hydrogen) atoms. The van der Waals surface area contributed by atoms with Crippen LogP contribution in [-0.2, 0) is 16.0 Å². The molecule has 0 saturated carbocycles. The Kier molecular flexibility index (Phi) is 5.96. The highest BCUT2D eigenvalue weighted by molar-refractivity contribution is 5.85. The maximum atomic E-state index is 14.0. The summed E-state index contributed by atoms with van der Waals surface area (Å²) in [6, 6.07) is 4.81. The Balaban J connectivity index is 2.86. The van der Waals surface area contributed by atoms with E-state index in [4.69, 9.17) is 9.47 Å². The molecule has 0 radical (unpaired) electrons. The van der Waals surface area contributed by atoms with Gasteiger partial charge in [-0.05, 0) is 24.5 Å². The molecule has 1 rings (SSSR count). The largest absolute Gasteiger partial charge is 0.494 e. The molecule has 3 nitrogen and oxygen atoms in total. The quantitative estimate of drug-likeness (QED) is 0.762. The molecule has 0 spiro atoms. The maximum Gasteiger partial charge on any atom is 0.168 e. The van der Waals surface area contributed by atoms with Gasteiger partial charge in [-0.15, -0.1) is 0 Å². The van der Waals surface area contributed by atoms with E-state index in [0.29, 0.717) is 12.2 Å². The first-order valence-electron chi connectivity index (χ1n) is 6.46. The van der Waals surface area contributed by atoms with Gasteiger partial charge < -0.3 is 9.47 Å². The molecule has 1 aromatic carbocycles. The Morgan fingerprint density at radius 2 is 2.05 bits per heavy atom. The number of methoxy groups -OCH3 is 1. The molecule has 0 aliphatic rings. The molecule has 1 atom stereocenters. The highest BCUT2D eigenvalue weighted by atomic mass is 19.1. The summed E-state index contributed by atoms with van der Waals surface area (Å²) in [6.45, 7) is 6.14. The molecule has 0 heterocycles. The first kappa shape index (κ1) is 15.6. The Morgan fingerprint density at radius 1 is 1.37 bits per heavy atom. The third kappa shape index (κ3) is 4.03. The second-order valence-electron chi connectivity index (χ2n) is 4.70. The van der Waals surface area contributed by atoms with Gasteiger partial charge in [0.2, 0.25) is 0 Å². The van der Waals surface area contributed by atoms with Crippen molar-refractivity contribution in [3.8, 4) is 5.75 Å². The third-order valence-electron chi connectivity index (χ3n) is 2.90. The lowest BCUT2D eigenvalue weighted by Crippen LogP contribution is -2.31. The zero-order valence-electron chi connectivity index (χ0n) is 11.9. The standard InChI is InChI=1S/C15H21FO3/c1-5-19-15(10(2)3)12(17)9-11-7-6-8-13(18-4)14(11)16/h6-8,10,15H,5,9H2,1-4H3. The summed E-state index contributed by atoms with van der Waals surface area (Å²) in [6.07, 6.45) is -0.470. The van der Waals surface area contributed by atoms with E-state index in [1.165, 1.54) is 13.2 Å². The van der Waals surface area contributed by atoms with Crippen LogP contribution in [-0.4, -0.2) is 25.6 Å². The molecule has 4 heteroatoms. The molecule has 0 amide bonds. The van der Waals surface area contributed by atoms with Crippen LogP contribution in [0.2, 0.25) is 0 Å². The van der Waals surface area contributed by atoms with Crippen molar-refractivity contribution in [3.63, 3.8) is 0 Å². The summed E-state index contributed by atoms with van der Waals surface area (Å²) in [5, 5.41) is 0. The number of hydrogen-bond donors (Lipinski definition) is 0. The van der Waals surface area contributed by atoms with Gasteiger partial charge in [-0.3, -0.25) is 4.79 Å². The van der Waals surface area contributed by atoms with Gasteiger partial charge in [-0.1, -0.05) is 26.0 Å².